The van der Waals surface area contributed by atoms with Crippen LogP contribution in [-0.2, 0) is 10.2 Å². The van der Waals surface area contributed by atoms with Crippen LogP contribution in [0.15, 0.2) is 22.0 Å². The number of ether oxygens (including phenoxy) is 1. The Morgan fingerprint density at radius 2 is 2.45 bits per heavy atom. The molecule has 1 amide bonds. The van der Waals surface area contributed by atoms with E-state index in [-0.39, 0.29) is 17.4 Å². The lowest BCUT2D eigenvalue weighted by Crippen LogP contribution is -2.54. The molecule has 2 saturated heterocycles. The number of rotatable bonds is 2. The molecule has 4 heterocycles. The summed E-state index contributed by atoms with van der Waals surface area (Å²) in [6.45, 7) is 3.77. The van der Waals surface area contributed by atoms with E-state index < -0.39 is 0 Å². The molecule has 0 spiro atoms. The Morgan fingerprint density at radius 3 is 3.18 bits per heavy atom. The maximum Gasteiger partial charge on any atom is 0.263 e. The van der Waals surface area contributed by atoms with Gasteiger partial charge in [-0.25, -0.2) is 0 Å². The molecule has 0 unspecified atom stereocenters. The molecule has 0 saturated carbocycles. The summed E-state index contributed by atoms with van der Waals surface area (Å²) in [5.41, 5.74) is -0.355. The number of aryl methyl sites for hydroxylation is 1. The summed E-state index contributed by atoms with van der Waals surface area (Å²) in [4.78, 5) is 19.8. The van der Waals surface area contributed by atoms with Gasteiger partial charge in [0.1, 0.15) is 0 Å². The molecule has 0 aromatic carbocycles. The predicted molar refractivity (Wildman–Crippen MR) is 79.9 cm³/mol. The van der Waals surface area contributed by atoms with Gasteiger partial charge in [0.15, 0.2) is 5.82 Å². The third kappa shape index (κ3) is 2.07. The van der Waals surface area contributed by atoms with Crippen LogP contribution in [0, 0.1) is 6.92 Å². The average Bonchev–Trinajstić information content (AvgIpc) is 3.26. The molecule has 2 aromatic heterocycles. The Kier molecular flexibility index (Phi) is 3.27. The number of hydrogen-bond donors (Lipinski definition) is 0. The summed E-state index contributed by atoms with van der Waals surface area (Å²) < 4.78 is 11.3. The molecule has 2 aliphatic rings. The van der Waals surface area contributed by atoms with Crippen LogP contribution >= 0.6 is 11.3 Å². The van der Waals surface area contributed by atoms with Gasteiger partial charge in [0.05, 0.1) is 16.4 Å². The van der Waals surface area contributed by atoms with Gasteiger partial charge >= 0.3 is 0 Å². The lowest BCUT2D eigenvalue weighted by Gasteiger charge is -2.41. The number of likely N-dealkylation sites (tertiary alicyclic amines) is 1. The van der Waals surface area contributed by atoms with Crippen molar-refractivity contribution in [2.24, 2.45) is 0 Å². The molecule has 2 aliphatic heterocycles. The lowest BCUT2D eigenvalue weighted by molar-refractivity contribution is 0.00842. The molecule has 2 fully saturated rings. The molecule has 6 nitrogen and oxygen atoms in total. The van der Waals surface area contributed by atoms with Gasteiger partial charge in [0, 0.05) is 19.7 Å². The monoisotopic (exact) mass is 319 g/mol. The van der Waals surface area contributed by atoms with Gasteiger partial charge in [-0.15, -0.1) is 11.3 Å². The number of carbonyl (C=O) groups excluding carboxylic acids is 1. The fourth-order valence-corrected chi connectivity index (χ4v) is 4.17. The van der Waals surface area contributed by atoms with Crippen molar-refractivity contribution in [1.82, 2.24) is 15.0 Å². The fraction of sp³-hybridized carbons (Fsp3) is 0.533. The summed E-state index contributed by atoms with van der Waals surface area (Å²) in [6.07, 6.45) is 1.67. The Hall–Kier alpha value is -1.73. The van der Waals surface area contributed by atoms with Crippen LogP contribution in [0.2, 0.25) is 0 Å². The van der Waals surface area contributed by atoms with Crippen molar-refractivity contribution in [3.8, 4) is 0 Å². The molecule has 2 aromatic rings. The Balaban J connectivity index is 1.65. The third-order valence-electron chi connectivity index (χ3n) is 4.59. The number of thiophene rings is 1. The quantitative estimate of drug-likeness (QED) is 0.847. The Labute approximate surface area is 132 Å². The summed E-state index contributed by atoms with van der Waals surface area (Å²) in [5.74, 6) is 1.31. The highest BCUT2D eigenvalue weighted by Gasteiger charge is 2.53. The summed E-state index contributed by atoms with van der Waals surface area (Å²) in [6, 6.07) is 3.77. The molecule has 4 rings (SSSR count). The van der Waals surface area contributed by atoms with E-state index in [2.05, 4.69) is 10.1 Å². The molecule has 0 aliphatic carbocycles. The molecule has 7 heteroatoms. The van der Waals surface area contributed by atoms with Crippen LogP contribution in [0.1, 0.15) is 34.2 Å². The second-order valence-corrected chi connectivity index (χ2v) is 6.85. The minimum Gasteiger partial charge on any atom is -0.377 e. The topological polar surface area (TPSA) is 68.5 Å². The van der Waals surface area contributed by atoms with Crippen molar-refractivity contribution in [3.63, 3.8) is 0 Å². The molecular formula is C15H17N3O3S. The van der Waals surface area contributed by atoms with E-state index in [4.69, 9.17) is 9.26 Å². The van der Waals surface area contributed by atoms with Crippen molar-refractivity contribution >= 4 is 17.2 Å². The minimum absolute atomic E-state index is 0.0553. The van der Waals surface area contributed by atoms with Gasteiger partial charge in [-0.05, 0) is 31.2 Å². The second-order valence-electron chi connectivity index (χ2n) is 5.91. The molecular weight excluding hydrogens is 302 g/mol. The van der Waals surface area contributed by atoms with Crippen LogP contribution in [-0.4, -0.2) is 46.7 Å². The van der Waals surface area contributed by atoms with Gasteiger partial charge in [0.2, 0.25) is 5.89 Å². The van der Waals surface area contributed by atoms with E-state index in [1.165, 1.54) is 11.3 Å². The van der Waals surface area contributed by atoms with E-state index in [9.17, 15) is 4.79 Å². The SMILES string of the molecule is Cc1noc([C@]23CCO[C@H]2CCN(C(=O)c2cccs2)C3)n1. The maximum atomic E-state index is 12.7. The highest BCUT2D eigenvalue weighted by molar-refractivity contribution is 7.12. The first-order valence-corrected chi connectivity index (χ1v) is 8.32. The smallest absolute Gasteiger partial charge is 0.263 e. The highest BCUT2D eigenvalue weighted by Crippen LogP contribution is 2.43. The summed E-state index contributed by atoms with van der Waals surface area (Å²) >= 11 is 1.47. The van der Waals surface area contributed by atoms with Crippen molar-refractivity contribution in [3.05, 3.63) is 34.1 Å². The summed E-state index contributed by atoms with van der Waals surface area (Å²) in [5, 5.41) is 5.85. The van der Waals surface area contributed by atoms with Crippen molar-refractivity contribution < 1.29 is 14.1 Å². The van der Waals surface area contributed by atoms with Crippen LogP contribution in [0.5, 0.6) is 0 Å². The van der Waals surface area contributed by atoms with E-state index in [0.717, 1.165) is 17.7 Å². The van der Waals surface area contributed by atoms with Crippen molar-refractivity contribution in [2.45, 2.75) is 31.3 Å². The molecule has 116 valence electrons. The van der Waals surface area contributed by atoms with Crippen LogP contribution in [0.4, 0.5) is 0 Å². The van der Waals surface area contributed by atoms with Crippen molar-refractivity contribution in [1.29, 1.82) is 0 Å². The molecule has 0 N–H and O–H groups in total. The van der Waals surface area contributed by atoms with E-state index >= 15 is 0 Å². The molecule has 2 atom stereocenters. The van der Waals surface area contributed by atoms with Crippen LogP contribution in [0.3, 0.4) is 0 Å². The fourth-order valence-electron chi connectivity index (χ4n) is 3.48. The van der Waals surface area contributed by atoms with Gasteiger partial charge in [-0.1, -0.05) is 11.2 Å². The predicted octanol–water partition coefficient (Wildman–Crippen LogP) is 2.01. The highest BCUT2D eigenvalue weighted by atomic mass is 32.1. The standard InChI is InChI=1S/C15H17N3O3S/c1-10-16-14(21-17-10)15-5-7-20-12(15)4-6-18(9-15)13(19)11-3-2-8-22-11/h2-3,8,12H,4-7,9H2,1H3/t12-,15-/m0/s1. The number of nitrogens with zero attached hydrogens (tertiary/aromatic N) is 3. The molecule has 0 bridgehead atoms. The first-order chi connectivity index (χ1) is 10.7. The van der Waals surface area contributed by atoms with E-state index in [1.54, 1.807) is 0 Å². The first-order valence-electron chi connectivity index (χ1n) is 7.44. The zero-order valence-corrected chi connectivity index (χ0v) is 13.1. The first kappa shape index (κ1) is 13.9. The Bertz CT molecular complexity index is 684. The maximum absolute atomic E-state index is 12.7. The van der Waals surface area contributed by atoms with E-state index in [0.29, 0.717) is 31.4 Å². The molecule has 0 radical (unpaired) electrons. The molecule has 22 heavy (non-hydrogen) atoms. The number of hydrogen-bond acceptors (Lipinski definition) is 6. The second kappa shape index (κ2) is 5.17. The van der Waals surface area contributed by atoms with Gasteiger partial charge in [-0.3, -0.25) is 4.79 Å². The zero-order valence-electron chi connectivity index (χ0n) is 12.3. The van der Waals surface area contributed by atoms with Crippen LogP contribution < -0.4 is 0 Å². The number of carbonyl (C=O) groups is 1. The normalized spacial score (nSPS) is 27.9. The largest absolute Gasteiger partial charge is 0.377 e. The van der Waals surface area contributed by atoms with Gasteiger partial charge < -0.3 is 14.2 Å². The summed E-state index contributed by atoms with van der Waals surface area (Å²) in [7, 11) is 0. The van der Waals surface area contributed by atoms with E-state index in [1.807, 2.05) is 29.3 Å². The van der Waals surface area contributed by atoms with Gasteiger partial charge in [-0.2, -0.15) is 4.98 Å². The minimum atomic E-state index is -0.355. The number of aromatic nitrogens is 2. The third-order valence-corrected chi connectivity index (χ3v) is 5.45. The Morgan fingerprint density at radius 1 is 1.55 bits per heavy atom. The lowest BCUT2D eigenvalue weighted by atomic mass is 9.76. The van der Waals surface area contributed by atoms with Gasteiger partial charge in [0.25, 0.3) is 5.91 Å². The van der Waals surface area contributed by atoms with Crippen LogP contribution in [0.25, 0.3) is 0 Å². The number of piperidine rings is 1. The zero-order chi connectivity index (χ0) is 15.2. The van der Waals surface area contributed by atoms with Crippen molar-refractivity contribution in [2.75, 3.05) is 19.7 Å². The number of amides is 1. The number of fused-ring (bicyclic) bond motifs is 1. The average molecular weight is 319 g/mol.